The molecule has 0 aliphatic carbocycles. The van der Waals surface area contributed by atoms with Crippen LogP contribution in [0.3, 0.4) is 0 Å². The average molecular weight is 357 g/mol. The minimum Gasteiger partial charge on any atom is -0.312 e. The Hall–Kier alpha value is -2.98. The lowest BCUT2D eigenvalue weighted by atomic mass is 10.1. The molecule has 0 amide bonds. The van der Waals surface area contributed by atoms with Crippen LogP contribution in [-0.4, -0.2) is 9.55 Å². The van der Waals surface area contributed by atoms with Crippen molar-refractivity contribution >= 4 is 17.0 Å². The van der Waals surface area contributed by atoms with Gasteiger partial charge in [0.1, 0.15) is 0 Å². The molecule has 0 saturated carbocycles. The lowest BCUT2D eigenvalue weighted by molar-refractivity contribution is 0.775. The summed E-state index contributed by atoms with van der Waals surface area (Å²) in [7, 11) is 0. The van der Waals surface area contributed by atoms with E-state index in [9.17, 15) is 0 Å². The molecule has 26 heavy (non-hydrogen) atoms. The van der Waals surface area contributed by atoms with Crippen molar-refractivity contribution in [2.24, 2.45) is 4.99 Å². The molecule has 3 nitrogen and oxygen atoms in total. The summed E-state index contributed by atoms with van der Waals surface area (Å²) < 4.78 is 2.26. The van der Waals surface area contributed by atoms with Gasteiger partial charge in [0.25, 0.3) is 0 Å². The Morgan fingerprint density at radius 1 is 0.962 bits per heavy atom. The fourth-order valence-corrected chi connectivity index (χ4v) is 3.74. The minimum absolute atomic E-state index is 0.742. The van der Waals surface area contributed by atoms with Gasteiger partial charge in [-0.1, -0.05) is 54.1 Å². The Balaban J connectivity index is 1.84. The first-order chi connectivity index (χ1) is 12.8. The van der Waals surface area contributed by atoms with E-state index in [1.807, 2.05) is 42.6 Å². The maximum atomic E-state index is 4.86. The van der Waals surface area contributed by atoms with Crippen molar-refractivity contribution in [1.29, 1.82) is 0 Å². The maximum absolute atomic E-state index is 4.86. The quantitative estimate of drug-likeness (QED) is 0.494. The fraction of sp³-hybridized carbons (Fsp3) is 0.0909. The van der Waals surface area contributed by atoms with Crippen molar-refractivity contribution in [3.63, 3.8) is 0 Å². The van der Waals surface area contributed by atoms with E-state index in [-0.39, 0.29) is 0 Å². The van der Waals surface area contributed by atoms with Crippen LogP contribution in [0.4, 0.5) is 5.69 Å². The summed E-state index contributed by atoms with van der Waals surface area (Å²) in [5.74, 6) is 0. The lowest BCUT2D eigenvalue weighted by Gasteiger charge is -2.09. The predicted octanol–water partition coefficient (Wildman–Crippen LogP) is 5.20. The van der Waals surface area contributed by atoms with Gasteiger partial charge in [0, 0.05) is 17.8 Å². The van der Waals surface area contributed by atoms with Gasteiger partial charge in [-0.25, -0.2) is 4.99 Å². The summed E-state index contributed by atoms with van der Waals surface area (Å²) in [6, 6.07) is 22.8. The van der Waals surface area contributed by atoms with Gasteiger partial charge in [0.05, 0.1) is 17.9 Å². The van der Waals surface area contributed by atoms with Crippen LogP contribution in [0, 0.1) is 6.92 Å². The summed E-state index contributed by atoms with van der Waals surface area (Å²) in [4.78, 5) is 10.1. The van der Waals surface area contributed by atoms with Crippen LogP contribution < -0.4 is 4.80 Å². The number of nitrogens with zero attached hydrogens (tertiary/aromatic N) is 3. The number of hydrogen-bond donors (Lipinski definition) is 0. The number of pyridine rings is 1. The van der Waals surface area contributed by atoms with Crippen molar-refractivity contribution in [1.82, 2.24) is 9.55 Å². The maximum Gasteiger partial charge on any atom is 0.190 e. The molecule has 128 valence electrons. The highest BCUT2D eigenvalue weighted by atomic mass is 32.1. The van der Waals surface area contributed by atoms with Crippen LogP contribution >= 0.6 is 11.3 Å². The normalized spacial score (nSPS) is 11.7. The third-order valence-corrected chi connectivity index (χ3v) is 5.05. The molecule has 0 unspecified atom stereocenters. The number of aryl methyl sites for hydroxylation is 1. The van der Waals surface area contributed by atoms with Gasteiger partial charge in [0.2, 0.25) is 0 Å². The largest absolute Gasteiger partial charge is 0.312 e. The molecule has 0 atom stereocenters. The summed E-state index contributed by atoms with van der Waals surface area (Å²) in [6.45, 7) is 2.85. The van der Waals surface area contributed by atoms with Gasteiger partial charge in [0.15, 0.2) is 4.80 Å². The van der Waals surface area contributed by atoms with Gasteiger partial charge in [-0.3, -0.25) is 4.98 Å². The van der Waals surface area contributed by atoms with E-state index < -0.39 is 0 Å². The molecule has 0 fully saturated rings. The Bertz CT molecular complexity index is 1050. The molecule has 4 heteroatoms. The average Bonchev–Trinajstić information content (AvgIpc) is 3.06. The van der Waals surface area contributed by atoms with E-state index >= 15 is 0 Å². The number of hydrogen-bond acceptors (Lipinski definition) is 3. The minimum atomic E-state index is 0.742. The Kier molecular flexibility index (Phi) is 4.75. The highest BCUT2D eigenvalue weighted by Gasteiger charge is 2.09. The Labute approximate surface area is 157 Å². The van der Waals surface area contributed by atoms with Crippen molar-refractivity contribution in [3.05, 3.63) is 100 Å². The molecule has 2 aromatic carbocycles. The lowest BCUT2D eigenvalue weighted by Crippen LogP contribution is -2.16. The van der Waals surface area contributed by atoms with E-state index in [0.717, 1.165) is 22.6 Å². The van der Waals surface area contributed by atoms with Crippen LogP contribution in [0.5, 0.6) is 0 Å². The number of aromatic nitrogens is 2. The molecule has 4 rings (SSSR count). The zero-order valence-corrected chi connectivity index (χ0v) is 15.4. The second-order valence-corrected chi connectivity index (χ2v) is 7.00. The molecule has 0 spiro atoms. The zero-order valence-electron chi connectivity index (χ0n) is 14.5. The van der Waals surface area contributed by atoms with Crippen LogP contribution in [0.25, 0.3) is 11.3 Å². The summed E-state index contributed by atoms with van der Waals surface area (Å²) in [6.07, 6.45) is 3.72. The van der Waals surface area contributed by atoms with Crippen LogP contribution in [0.1, 0.15) is 11.1 Å². The van der Waals surface area contributed by atoms with Gasteiger partial charge in [-0.15, -0.1) is 11.3 Å². The van der Waals surface area contributed by atoms with E-state index in [1.165, 1.54) is 16.8 Å². The molecule has 2 heterocycles. The molecule has 0 aliphatic heterocycles. The molecule has 0 N–H and O–H groups in total. The van der Waals surface area contributed by atoms with Gasteiger partial charge in [-0.05, 0) is 36.2 Å². The van der Waals surface area contributed by atoms with Crippen molar-refractivity contribution in [2.75, 3.05) is 0 Å². The molecule has 0 radical (unpaired) electrons. The molecule has 0 saturated heterocycles. The highest BCUT2D eigenvalue weighted by Crippen LogP contribution is 2.22. The highest BCUT2D eigenvalue weighted by molar-refractivity contribution is 7.07. The second kappa shape index (κ2) is 7.50. The van der Waals surface area contributed by atoms with Crippen LogP contribution in [0.15, 0.2) is 89.5 Å². The Morgan fingerprint density at radius 2 is 1.77 bits per heavy atom. The molecular formula is C22H19N3S. The Morgan fingerprint density at radius 3 is 2.50 bits per heavy atom. The summed E-state index contributed by atoms with van der Waals surface area (Å²) >= 11 is 1.67. The first-order valence-corrected chi connectivity index (χ1v) is 9.41. The summed E-state index contributed by atoms with van der Waals surface area (Å²) in [5.41, 5.74) is 5.76. The molecule has 0 aliphatic rings. The van der Waals surface area contributed by atoms with Gasteiger partial charge in [-0.2, -0.15) is 0 Å². The number of benzene rings is 2. The molecule has 4 aromatic rings. The number of para-hydroxylation sites is 1. The van der Waals surface area contributed by atoms with Gasteiger partial charge >= 0.3 is 0 Å². The number of rotatable bonds is 4. The molecule has 2 aromatic heterocycles. The monoisotopic (exact) mass is 357 g/mol. The van der Waals surface area contributed by atoms with Gasteiger partial charge < -0.3 is 4.57 Å². The summed E-state index contributed by atoms with van der Waals surface area (Å²) in [5, 5.41) is 2.18. The van der Waals surface area contributed by atoms with Crippen molar-refractivity contribution in [2.45, 2.75) is 13.5 Å². The van der Waals surface area contributed by atoms with Crippen LogP contribution in [-0.2, 0) is 6.54 Å². The molecular weight excluding hydrogens is 338 g/mol. The fourth-order valence-electron chi connectivity index (χ4n) is 2.81. The zero-order chi connectivity index (χ0) is 17.8. The smallest absolute Gasteiger partial charge is 0.190 e. The third kappa shape index (κ3) is 3.65. The van der Waals surface area contributed by atoms with Crippen molar-refractivity contribution in [3.8, 4) is 11.3 Å². The van der Waals surface area contributed by atoms with Crippen LogP contribution in [0.2, 0.25) is 0 Å². The van der Waals surface area contributed by atoms with E-state index in [0.29, 0.717) is 0 Å². The van der Waals surface area contributed by atoms with Crippen molar-refractivity contribution < 1.29 is 0 Å². The topological polar surface area (TPSA) is 30.2 Å². The number of thiazole rings is 1. The predicted molar refractivity (Wildman–Crippen MR) is 107 cm³/mol. The van der Waals surface area contributed by atoms with E-state index in [4.69, 9.17) is 4.99 Å². The first kappa shape index (κ1) is 16.5. The SMILES string of the molecule is Cc1ccc(-c2csc(=Nc3ccccc3)n2Cc2cccnc2)cc1. The second-order valence-electron chi connectivity index (χ2n) is 6.16. The molecule has 0 bridgehead atoms. The third-order valence-electron chi connectivity index (χ3n) is 4.19. The standard InChI is InChI=1S/C22H19N3S/c1-17-9-11-19(12-10-17)21-16-26-22(24-20-7-3-2-4-8-20)25(21)15-18-6-5-13-23-14-18/h2-14,16H,15H2,1H3. The van der Waals surface area contributed by atoms with E-state index in [1.54, 1.807) is 17.5 Å². The first-order valence-electron chi connectivity index (χ1n) is 8.54. The van der Waals surface area contributed by atoms with E-state index in [2.05, 4.69) is 52.2 Å².